The predicted octanol–water partition coefficient (Wildman–Crippen LogP) is 3.53. The summed E-state index contributed by atoms with van der Waals surface area (Å²) in [7, 11) is 1.55. The summed E-state index contributed by atoms with van der Waals surface area (Å²) >= 11 is 0. The van der Waals surface area contributed by atoms with Gasteiger partial charge in [0.2, 0.25) is 0 Å². The van der Waals surface area contributed by atoms with Crippen molar-refractivity contribution in [3.8, 4) is 5.75 Å². The number of amides is 1. The molecule has 1 aliphatic rings. The zero-order valence-corrected chi connectivity index (χ0v) is 15.5. The number of rotatable bonds is 4. The smallest absolute Gasteiger partial charge is 0.339 e. The van der Waals surface area contributed by atoms with Crippen molar-refractivity contribution in [3.63, 3.8) is 0 Å². The number of anilines is 1. The van der Waals surface area contributed by atoms with Crippen LogP contribution in [0.2, 0.25) is 0 Å². The van der Waals surface area contributed by atoms with Crippen molar-refractivity contribution in [2.24, 2.45) is 0 Å². The fourth-order valence-corrected chi connectivity index (χ4v) is 3.32. The number of methoxy groups -OCH3 is 1. The number of hydrogen-bond donors (Lipinski definition) is 0. The van der Waals surface area contributed by atoms with Crippen LogP contribution in [0.3, 0.4) is 0 Å². The summed E-state index contributed by atoms with van der Waals surface area (Å²) in [6.45, 7) is 5.50. The molecule has 1 amide bonds. The summed E-state index contributed by atoms with van der Waals surface area (Å²) in [5.41, 5.74) is 3.32. The maximum Gasteiger partial charge on any atom is 0.339 e. The molecule has 0 fully saturated rings. The molecule has 0 saturated heterocycles. The van der Waals surface area contributed by atoms with Crippen molar-refractivity contribution in [2.75, 3.05) is 12.0 Å². The van der Waals surface area contributed by atoms with Gasteiger partial charge in [-0.05, 0) is 56.5 Å². The van der Waals surface area contributed by atoms with E-state index in [0.29, 0.717) is 11.3 Å². The largest absolute Gasteiger partial charge is 0.496 e. The van der Waals surface area contributed by atoms with Crippen LogP contribution in [0.4, 0.5) is 5.69 Å². The van der Waals surface area contributed by atoms with Crippen molar-refractivity contribution >= 4 is 17.6 Å². The van der Waals surface area contributed by atoms with Crippen molar-refractivity contribution in [1.82, 2.24) is 0 Å². The van der Waals surface area contributed by atoms with Gasteiger partial charge in [-0.2, -0.15) is 0 Å². The van der Waals surface area contributed by atoms with Gasteiger partial charge < -0.3 is 14.4 Å². The Bertz CT molecular complexity index is 846. The molecule has 2 aromatic rings. The molecule has 0 saturated carbocycles. The second kappa shape index (κ2) is 7.20. The quantitative estimate of drug-likeness (QED) is 0.789. The van der Waals surface area contributed by atoms with Crippen LogP contribution in [0, 0.1) is 6.92 Å². The molecule has 3 rings (SSSR count). The van der Waals surface area contributed by atoms with E-state index in [1.165, 1.54) is 0 Å². The van der Waals surface area contributed by atoms with E-state index >= 15 is 0 Å². The third kappa shape index (κ3) is 3.29. The third-order valence-electron chi connectivity index (χ3n) is 4.72. The first-order valence-electron chi connectivity index (χ1n) is 8.69. The number of aryl methyl sites for hydroxylation is 1. The van der Waals surface area contributed by atoms with Gasteiger partial charge in [0, 0.05) is 11.7 Å². The SMILES string of the molecule is COc1cc(C(=O)O[C@H](C)C(=O)N2c3ccccc3C[C@H]2C)ccc1C. The molecule has 2 aromatic carbocycles. The molecule has 0 unspecified atom stereocenters. The molecular formula is C21H23NO4. The van der Waals surface area contributed by atoms with Gasteiger partial charge in [0.25, 0.3) is 5.91 Å². The fraction of sp³-hybridized carbons (Fsp3) is 0.333. The first-order valence-corrected chi connectivity index (χ1v) is 8.69. The summed E-state index contributed by atoms with van der Waals surface area (Å²) in [5, 5.41) is 0. The zero-order valence-electron chi connectivity index (χ0n) is 15.5. The molecule has 1 aliphatic heterocycles. The van der Waals surface area contributed by atoms with E-state index in [4.69, 9.17) is 9.47 Å². The van der Waals surface area contributed by atoms with E-state index in [-0.39, 0.29) is 11.9 Å². The average molecular weight is 353 g/mol. The van der Waals surface area contributed by atoms with Crippen LogP contribution in [-0.2, 0) is 16.0 Å². The lowest BCUT2D eigenvalue weighted by Crippen LogP contribution is -2.43. The van der Waals surface area contributed by atoms with Crippen LogP contribution >= 0.6 is 0 Å². The highest BCUT2D eigenvalue weighted by molar-refractivity contribution is 6.01. The van der Waals surface area contributed by atoms with Crippen molar-refractivity contribution in [2.45, 2.75) is 39.3 Å². The normalized spacial score (nSPS) is 16.8. The second-order valence-corrected chi connectivity index (χ2v) is 6.62. The monoisotopic (exact) mass is 353 g/mol. The second-order valence-electron chi connectivity index (χ2n) is 6.62. The fourth-order valence-electron chi connectivity index (χ4n) is 3.32. The van der Waals surface area contributed by atoms with Gasteiger partial charge in [0.1, 0.15) is 5.75 Å². The minimum absolute atomic E-state index is 0.0421. The van der Waals surface area contributed by atoms with E-state index in [0.717, 1.165) is 23.2 Å². The zero-order chi connectivity index (χ0) is 18.8. The van der Waals surface area contributed by atoms with Gasteiger partial charge >= 0.3 is 5.97 Å². The summed E-state index contributed by atoms with van der Waals surface area (Å²) in [4.78, 5) is 27.0. The number of carbonyl (C=O) groups excluding carboxylic acids is 2. The summed E-state index contributed by atoms with van der Waals surface area (Å²) in [6, 6.07) is 13.0. The van der Waals surface area contributed by atoms with E-state index < -0.39 is 12.1 Å². The molecule has 136 valence electrons. The van der Waals surface area contributed by atoms with E-state index in [2.05, 4.69) is 0 Å². The third-order valence-corrected chi connectivity index (χ3v) is 4.72. The van der Waals surface area contributed by atoms with Gasteiger partial charge in [-0.3, -0.25) is 4.79 Å². The Morgan fingerprint density at radius 3 is 2.65 bits per heavy atom. The van der Waals surface area contributed by atoms with E-state index in [1.54, 1.807) is 37.1 Å². The Morgan fingerprint density at radius 2 is 1.92 bits per heavy atom. The Hall–Kier alpha value is -2.82. The van der Waals surface area contributed by atoms with Gasteiger partial charge in [-0.25, -0.2) is 4.79 Å². The lowest BCUT2D eigenvalue weighted by Gasteiger charge is -2.26. The van der Waals surface area contributed by atoms with Crippen LogP contribution in [-0.4, -0.2) is 31.1 Å². The standard InChI is InChI=1S/C21H23NO4/c1-13-9-10-17(12-19(13)25-4)21(24)26-15(3)20(23)22-14(2)11-16-7-5-6-8-18(16)22/h5-10,12,14-15H,11H2,1-4H3/t14-,15-/m1/s1. The van der Waals surface area contributed by atoms with Gasteiger partial charge in [0.15, 0.2) is 6.10 Å². The number of benzene rings is 2. The maximum absolute atomic E-state index is 12.9. The molecule has 1 heterocycles. The highest BCUT2D eigenvalue weighted by Crippen LogP contribution is 2.32. The lowest BCUT2D eigenvalue weighted by atomic mass is 10.1. The molecular weight excluding hydrogens is 330 g/mol. The van der Waals surface area contributed by atoms with Crippen molar-refractivity contribution in [1.29, 1.82) is 0 Å². The minimum atomic E-state index is -0.872. The highest BCUT2D eigenvalue weighted by Gasteiger charge is 2.34. The first kappa shape index (κ1) is 18.0. The molecule has 26 heavy (non-hydrogen) atoms. The molecule has 0 N–H and O–H groups in total. The van der Waals surface area contributed by atoms with Gasteiger partial charge in [-0.15, -0.1) is 0 Å². The summed E-state index contributed by atoms with van der Waals surface area (Å²) in [6.07, 6.45) is -0.0685. The van der Waals surface area contributed by atoms with Gasteiger partial charge in [0.05, 0.1) is 12.7 Å². The predicted molar refractivity (Wildman–Crippen MR) is 99.7 cm³/mol. The number of ether oxygens (including phenoxy) is 2. The summed E-state index contributed by atoms with van der Waals surface area (Å²) in [5.74, 6) is -0.139. The lowest BCUT2D eigenvalue weighted by molar-refractivity contribution is -0.126. The molecule has 2 atom stereocenters. The van der Waals surface area contributed by atoms with Crippen LogP contribution in [0.25, 0.3) is 0 Å². The van der Waals surface area contributed by atoms with Crippen LogP contribution in [0.15, 0.2) is 42.5 Å². The first-order chi connectivity index (χ1) is 12.4. The maximum atomic E-state index is 12.9. The average Bonchev–Trinajstić information content (AvgIpc) is 2.96. The minimum Gasteiger partial charge on any atom is -0.496 e. The molecule has 5 heteroatoms. The summed E-state index contributed by atoms with van der Waals surface area (Å²) < 4.78 is 10.7. The Kier molecular flexibility index (Phi) is 4.98. The number of para-hydroxylation sites is 1. The molecule has 0 radical (unpaired) electrons. The number of carbonyl (C=O) groups is 2. The number of fused-ring (bicyclic) bond motifs is 1. The molecule has 0 aromatic heterocycles. The van der Waals surface area contributed by atoms with Crippen LogP contribution in [0.1, 0.15) is 35.3 Å². The topological polar surface area (TPSA) is 55.8 Å². The number of esters is 1. The Balaban J connectivity index is 1.74. The van der Waals surface area contributed by atoms with Crippen molar-refractivity contribution < 1.29 is 19.1 Å². The highest BCUT2D eigenvalue weighted by atomic mass is 16.5. The van der Waals surface area contributed by atoms with Crippen LogP contribution < -0.4 is 9.64 Å². The van der Waals surface area contributed by atoms with E-state index in [1.807, 2.05) is 38.1 Å². The van der Waals surface area contributed by atoms with Crippen molar-refractivity contribution in [3.05, 3.63) is 59.2 Å². The molecule has 5 nitrogen and oxygen atoms in total. The van der Waals surface area contributed by atoms with E-state index in [9.17, 15) is 9.59 Å². The van der Waals surface area contributed by atoms with Crippen LogP contribution in [0.5, 0.6) is 5.75 Å². The Morgan fingerprint density at radius 1 is 1.19 bits per heavy atom. The molecule has 0 bridgehead atoms. The number of hydrogen-bond acceptors (Lipinski definition) is 4. The van der Waals surface area contributed by atoms with Gasteiger partial charge in [-0.1, -0.05) is 24.3 Å². The number of nitrogens with zero attached hydrogens (tertiary/aromatic N) is 1. The molecule has 0 spiro atoms. The molecule has 0 aliphatic carbocycles. The Labute approximate surface area is 153 Å².